The molecule has 0 aliphatic heterocycles. The number of nitrogens with one attached hydrogen (secondary N) is 2. The van der Waals surface area contributed by atoms with E-state index < -0.39 is 17.7 Å². The van der Waals surface area contributed by atoms with Crippen molar-refractivity contribution >= 4 is 18.2 Å². The van der Waals surface area contributed by atoms with Gasteiger partial charge in [0.1, 0.15) is 0 Å². The molecule has 1 aromatic heterocycles. The van der Waals surface area contributed by atoms with E-state index in [9.17, 15) is 19.6 Å². The van der Waals surface area contributed by atoms with E-state index in [2.05, 4.69) is 16.0 Å². The number of hydrogen-bond acceptors (Lipinski definition) is 5. The van der Waals surface area contributed by atoms with Crippen LogP contribution in [0, 0.1) is 19.8 Å². The monoisotopic (exact) mass is 429 g/mol. The highest BCUT2D eigenvalue weighted by molar-refractivity contribution is 5.96. The summed E-state index contributed by atoms with van der Waals surface area (Å²) in [6.45, 7) is 6.19. The lowest BCUT2D eigenvalue weighted by atomic mass is 10.0. The van der Waals surface area contributed by atoms with Crippen molar-refractivity contribution in [2.75, 3.05) is 6.54 Å². The molecule has 168 valence electrons. The van der Waals surface area contributed by atoms with Gasteiger partial charge >= 0.3 is 0 Å². The number of aryl methyl sites for hydroxylation is 2. The van der Waals surface area contributed by atoms with Crippen LogP contribution in [0.25, 0.3) is 0 Å². The molecule has 9 nitrogen and oxygen atoms in total. The highest BCUT2D eigenvalue weighted by Crippen LogP contribution is 2.14. The molecule has 31 heavy (non-hydrogen) atoms. The SMILES string of the molecule is CCCCCC(CN(O)C=O)C(=O)NNC(=O)c1ccccc1Cn1nc(C)cc1C. The lowest BCUT2D eigenvalue weighted by Gasteiger charge is -2.20. The van der Waals surface area contributed by atoms with E-state index in [1.54, 1.807) is 12.1 Å². The molecule has 3 amide bonds. The standard InChI is InChI=1S/C22H31N5O4/c1-4-5-6-10-19(13-26(31)15-28)21(29)23-24-22(30)20-11-8-7-9-18(20)14-27-17(3)12-16(2)25-27/h7-9,11-12,15,19,31H,4-6,10,13-14H2,1-3H3,(H,23,29)(H,24,30). The first kappa shape index (κ1) is 24.1. The minimum absolute atomic E-state index is 0.135. The zero-order chi connectivity index (χ0) is 22.8. The van der Waals surface area contributed by atoms with E-state index in [1.165, 1.54) is 0 Å². The molecular formula is C22H31N5O4. The molecular weight excluding hydrogens is 398 g/mol. The van der Waals surface area contributed by atoms with Gasteiger partial charge in [0.05, 0.1) is 24.7 Å². The van der Waals surface area contributed by atoms with Gasteiger partial charge in [-0.1, -0.05) is 44.4 Å². The van der Waals surface area contributed by atoms with Gasteiger partial charge in [0.15, 0.2) is 0 Å². The van der Waals surface area contributed by atoms with E-state index in [-0.39, 0.29) is 13.0 Å². The average Bonchev–Trinajstić information content (AvgIpc) is 3.07. The quantitative estimate of drug-likeness (QED) is 0.219. The van der Waals surface area contributed by atoms with E-state index in [1.807, 2.05) is 43.7 Å². The summed E-state index contributed by atoms with van der Waals surface area (Å²) in [5, 5.41) is 14.4. The molecule has 3 N–H and O–H groups in total. The predicted octanol–water partition coefficient (Wildman–Crippen LogP) is 2.35. The smallest absolute Gasteiger partial charge is 0.270 e. The molecule has 0 saturated carbocycles. The molecule has 1 heterocycles. The molecule has 2 aromatic rings. The first-order valence-corrected chi connectivity index (χ1v) is 10.5. The van der Waals surface area contributed by atoms with Gasteiger partial charge in [0, 0.05) is 11.3 Å². The molecule has 0 saturated heterocycles. The highest BCUT2D eigenvalue weighted by Gasteiger charge is 2.22. The van der Waals surface area contributed by atoms with Crippen molar-refractivity contribution in [1.29, 1.82) is 0 Å². The van der Waals surface area contributed by atoms with Crippen LogP contribution in [0.4, 0.5) is 0 Å². The number of nitrogens with zero attached hydrogens (tertiary/aromatic N) is 3. The summed E-state index contributed by atoms with van der Waals surface area (Å²) >= 11 is 0. The Labute approximate surface area is 182 Å². The number of rotatable bonds is 11. The van der Waals surface area contributed by atoms with Gasteiger partial charge in [0.25, 0.3) is 5.91 Å². The van der Waals surface area contributed by atoms with Crippen LogP contribution in [0.3, 0.4) is 0 Å². The van der Waals surface area contributed by atoms with Crippen LogP contribution in [0.5, 0.6) is 0 Å². The van der Waals surface area contributed by atoms with Crippen molar-refractivity contribution in [3.05, 3.63) is 52.8 Å². The van der Waals surface area contributed by atoms with Crippen LogP contribution in [-0.2, 0) is 16.1 Å². The van der Waals surface area contributed by atoms with E-state index in [0.717, 1.165) is 36.2 Å². The largest absolute Gasteiger partial charge is 0.286 e. The fourth-order valence-corrected chi connectivity index (χ4v) is 3.38. The Morgan fingerprint density at radius 2 is 1.97 bits per heavy atom. The Balaban J connectivity index is 2.04. The van der Waals surface area contributed by atoms with E-state index in [0.29, 0.717) is 23.6 Å². The molecule has 1 aromatic carbocycles. The number of carbonyl (C=O) groups is 3. The van der Waals surface area contributed by atoms with Crippen molar-refractivity contribution in [1.82, 2.24) is 25.7 Å². The van der Waals surface area contributed by atoms with Gasteiger partial charge in [-0.2, -0.15) is 5.10 Å². The van der Waals surface area contributed by atoms with Crippen LogP contribution in [0.15, 0.2) is 30.3 Å². The maximum absolute atomic E-state index is 12.7. The second kappa shape index (κ2) is 11.8. The molecule has 0 fully saturated rings. The number of amides is 3. The number of benzene rings is 1. The van der Waals surface area contributed by atoms with Crippen molar-refractivity contribution in [2.45, 2.75) is 53.0 Å². The van der Waals surface area contributed by atoms with Gasteiger partial charge in [-0.3, -0.25) is 35.1 Å². The summed E-state index contributed by atoms with van der Waals surface area (Å²) in [6, 6.07) is 9.08. The van der Waals surface area contributed by atoms with E-state index in [4.69, 9.17) is 0 Å². The molecule has 0 spiro atoms. The molecule has 2 rings (SSSR count). The third-order valence-corrected chi connectivity index (χ3v) is 5.04. The first-order chi connectivity index (χ1) is 14.8. The summed E-state index contributed by atoms with van der Waals surface area (Å²) in [6.07, 6.45) is 3.44. The third-order valence-electron chi connectivity index (χ3n) is 5.04. The zero-order valence-corrected chi connectivity index (χ0v) is 18.3. The molecule has 0 radical (unpaired) electrons. The minimum Gasteiger partial charge on any atom is -0.286 e. The summed E-state index contributed by atoms with van der Waals surface area (Å²) in [5.74, 6) is -1.54. The minimum atomic E-state index is -0.632. The predicted molar refractivity (Wildman–Crippen MR) is 115 cm³/mol. The van der Waals surface area contributed by atoms with Crippen molar-refractivity contribution in [2.24, 2.45) is 5.92 Å². The zero-order valence-electron chi connectivity index (χ0n) is 18.3. The van der Waals surface area contributed by atoms with Gasteiger partial charge in [-0.05, 0) is 38.0 Å². The number of carbonyl (C=O) groups excluding carboxylic acids is 3. The second-order valence-electron chi connectivity index (χ2n) is 7.61. The fraction of sp³-hybridized carbons (Fsp3) is 0.455. The number of hydrazine groups is 1. The summed E-state index contributed by atoms with van der Waals surface area (Å²) in [5.41, 5.74) is 7.95. The maximum atomic E-state index is 12.7. The van der Waals surface area contributed by atoms with Gasteiger partial charge in [-0.15, -0.1) is 0 Å². The van der Waals surface area contributed by atoms with Crippen LogP contribution in [-0.4, -0.2) is 44.8 Å². The first-order valence-electron chi connectivity index (χ1n) is 10.5. The molecule has 1 atom stereocenters. The Kier molecular flexibility index (Phi) is 9.20. The second-order valence-corrected chi connectivity index (χ2v) is 7.61. The van der Waals surface area contributed by atoms with E-state index >= 15 is 0 Å². The molecule has 0 bridgehead atoms. The van der Waals surface area contributed by atoms with Gasteiger partial charge in [0.2, 0.25) is 12.3 Å². The highest BCUT2D eigenvalue weighted by atomic mass is 16.5. The fourth-order valence-electron chi connectivity index (χ4n) is 3.38. The van der Waals surface area contributed by atoms with Crippen LogP contribution in [0.2, 0.25) is 0 Å². The van der Waals surface area contributed by atoms with Crippen LogP contribution in [0.1, 0.15) is 59.9 Å². The Morgan fingerprint density at radius 1 is 1.23 bits per heavy atom. The molecule has 0 aliphatic carbocycles. The lowest BCUT2D eigenvalue weighted by Crippen LogP contribution is -2.47. The topological polar surface area (TPSA) is 117 Å². The Bertz CT molecular complexity index is 896. The summed E-state index contributed by atoms with van der Waals surface area (Å²) in [4.78, 5) is 36.0. The summed E-state index contributed by atoms with van der Waals surface area (Å²) < 4.78 is 1.82. The Morgan fingerprint density at radius 3 is 2.61 bits per heavy atom. The van der Waals surface area contributed by atoms with Gasteiger partial charge in [-0.25, -0.2) is 5.06 Å². The number of hydrogen-bond donors (Lipinski definition) is 3. The number of unbranched alkanes of at least 4 members (excludes halogenated alkanes) is 2. The van der Waals surface area contributed by atoms with Crippen molar-refractivity contribution in [3.63, 3.8) is 0 Å². The number of aromatic nitrogens is 2. The molecule has 9 heteroatoms. The van der Waals surface area contributed by atoms with Crippen LogP contribution < -0.4 is 10.9 Å². The molecule has 0 aliphatic rings. The third kappa shape index (κ3) is 7.21. The van der Waals surface area contributed by atoms with Crippen molar-refractivity contribution < 1.29 is 19.6 Å². The lowest BCUT2D eigenvalue weighted by molar-refractivity contribution is -0.154. The average molecular weight is 430 g/mol. The summed E-state index contributed by atoms with van der Waals surface area (Å²) in [7, 11) is 0. The molecule has 1 unspecified atom stereocenters. The maximum Gasteiger partial charge on any atom is 0.270 e. The van der Waals surface area contributed by atoms with Crippen LogP contribution >= 0.6 is 0 Å². The number of hydroxylamine groups is 2. The normalized spacial score (nSPS) is 11.6. The van der Waals surface area contributed by atoms with Crippen molar-refractivity contribution in [3.8, 4) is 0 Å². The Hall–Kier alpha value is -3.20. The van der Waals surface area contributed by atoms with Gasteiger partial charge < -0.3 is 0 Å².